The van der Waals surface area contributed by atoms with Gasteiger partial charge in [0.1, 0.15) is 16.3 Å². The Hall–Kier alpha value is -2.74. The number of benzene rings is 2. The summed E-state index contributed by atoms with van der Waals surface area (Å²) >= 11 is 13.4. The molecule has 3 rings (SSSR count). The molecule has 0 aliphatic rings. The molecule has 9 heteroatoms. The fourth-order valence-corrected chi connectivity index (χ4v) is 3.49. The van der Waals surface area contributed by atoms with Crippen LogP contribution in [-0.4, -0.2) is 24.0 Å². The van der Waals surface area contributed by atoms with E-state index in [2.05, 4.69) is 15.6 Å². The minimum atomic E-state index is -0.711. The minimum absolute atomic E-state index is 0.0830. The number of amides is 3. The third-order valence-corrected chi connectivity index (χ3v) is 5.21. The van der Waals surface area contributed by atoms with E-state index in [0.29, 0.717) is 10.7 Å². The zero-order valence-electron chi connectivity index (χ0n) is 15.1. The average molecular weight is 448 g/mol. The highest BCUT2D eigenvalue weighted by Gasteiger charge is 2.18. The van der Waals surface area contributed by atoms with E-state index in [1.165, 1.54) is 31.1 Å². The summed E-state index contributed by atoms with van der Waals surface area (Å²) in [6.45, 7) is 0. The molecule has 1 aromatic heterocycles. The highest BCUT2D eigenvalue weighted by molar-refractivity contribution is 7.99. The number of carbonyl (C=O) groups is 2. The molecular formula is C20H15Cl2N3O3S. The zero-order valence-corrected chi connectivity index (χ0v) is 17.4. The summed E-state index contributed by atoms with van der Waals surface area (Å²) in [5, 5.41) is 6.36. The van der Waals surface area contributed by atoms with Crippen molar-refractivity contribution in [1.29, 1.82) is 0 Å². The van der Waals surface area contributed by atoms with Gasteiger partial charge in [0, 0.05) is 9.92 Å². The first kappa shape index (κ1) is 21.0. The largest absolute Gasteiger partial charge is 0.496 e. The predicted octanol–water partition coefficient (Wildman–Crippen LogP) is 5.51. The number of anilines is 1. The van der Waals surface area contributed by atoms with E-state index in [4.69, 9.17) is 27.9 Å². The highest BCUT2D eigenvalue weighted by Crippen LogP contribution is 2.28. The van der Waals surface area contributed by atoms with E-state index >= 15 is 0 Å². The second-order valence-electron chi connectivity index (χ2n) is 5.67. The topological polar surface area (TPSA) is 80.3 Å². The maximum absolute atomic E-state index is 12.4. The molecule has 6 nitrogen and oxygen atoms in total. The number of aromatic nitrogens is 1. The molecule has 0 radical (unpaired) electrons. The Morgan fingerprint density at radius 1 is 1.03 bits per heavy atom. The Morgan fingerprint density at radius 3 is 2.45 bits per heavy atom. The molecule has 0 bridgehead atoms. The van der Waals surface area contributed by atoms with Crippen LogP contribution in [0.2, 0.25) is 10.0 Å². The number of nitrogens with zero attached hydrogens (tertiary/aromatic N) is 1. The Kier molecular flexibility index (Phi) is 6.98. The molecular weight excluding hydrogens is 433 g/mol. The molecule has 0 spiro atoms. The SMILES string of the molecule is COc1cccc(Cl)c1C(=O)NC(=O)Nc1ccc(Sc2ccc(Cl)cc2)nc1. The van der Waals surface area contributed by atoms with Gasteiger partial charge in [0.05, 0.1) is 24.0 Å². The third-order valence-electron chi connectivity index (χ3n) is 3.68. The lowest BCUT2D eigenvalue weighted by atomic mass is 10.2. The van der Waals surface area contributed by atoms with Crippen molar-refractivity contribution < 1.29 is 14.3 Å². The number of halogens is 2. The van der Waals surface area contributed by atoms with Crippen molar-refractivity contribution >= 4 is 52.6 Å². The first-order valence-electron chi connectivity index (χ1n) is 8.30. The van der Waals surface area contributed by atoms with Crippen LogP contribution in [0.15, 0.2) is 70.7 Å². The number of rotatable bonds is 5. The second kappa shape index (κ2) is 9.65. The van der Waals surface area contributed by atoms with E-state index in [0.717, 1.165) is 9.92 Å². The second-order valence-corrected chi connectivity index (χ2v) is 7.60. The number of pyridine rings is 1. The summed E-state index contributed by atoms with van der Waals surface area (Å²) in [5.41, 5.74) is 0.515. The molecule has 0 aliphatic carbocycles. The molecule has 1 heterocycles. The maximum atomic E-state index is 12.4. The number of imide groups is 1. The van der Waals surface area contributed by atoms with Gasteiger partial charge in [0.25, 0.3) is 5.91 Å². The van der Waals surface area contributed by atoms with E-state index in [1.807, 2.05) is 12.1 Å². The van der Waals surface area contributed by atoms with Crippen LogP contribution < -0.4 is 15.4 Å². The van der Waals surface area contributed by atoms with Crippen LogP contribution in [0.5, 0.6) is 5.75 Å². The van der Waals surface area contributed by atoms with Crippen LogP contribution in [0.4, 0.5) is 10.5 Å². The lowest BCUT2D eigenvalue weighted by molar-refractivity contribution is 0.0964. The molecule has 3 aromatic rings. The lowest BCUT2D eigenvalue weighted by Gasteiger charge is -2.11. The Balaban J connectivity index is 1.61. The van der Waals surface area contributed by atoms with Crippen molar-refractivity contribution in [2.45, 2.75) is 9.92 Å². The van der Waals surface area contributed by atoms with Crippen molar-refractivity contribution in [2.24, 2.45) is 0 Å². The smallest absolute Gasteiger partial charge is 0.326 e. The Morgan fingerprint density at radius 2 is 1.79 bits per heavy atom. The van der Waals surface area contributed by atoms with Gasteiger partial charge in [0.2, 0.25) is 0 Å². The molecule has 29 heavy (non-hydrogen) atoms. The molecule has 148 valence electrons. The van der Waals surface area contributed by atoms with Crippen LogP contribution in [0.25, 0.3) is 0 Å². The summed E-state index contributed by atoms with van der Waals surface area (Å²) in [6.07, 6.45) is 1.50. The van der Waals surface area contributed by atoms with Gasteiger partial charge in [-0.15, -0.1) is 0 Å². The first-order chi connectivity index (χ1) is 14.0. The summed E-state index contributed by atoms with van der Waals surface area (Å²) in [4.78, 5) is 29.8. The summed E-state index contributed by atoms with van der Waals surface area (Å²) in [6, 6.07) is 14.9. The van der Waals surface area contributed by atoms with Gasteiger partial charge in [-0.3, -0.25) is 10.1 Å². The van der Waals surface area contributed by atoms with Gasteiger partial charge in [-0.1, -0.05) is 41.0 Å². The predicted molar refractivity (Wildman–Crippen MR) is 114 cm³/mol. The van der Waals surface area contributed by atoms with Crippen molar-refractivity contribution in [3.8, 4) is 5.75 Å². The zero-order chi connectivity index (χ0) is 20.8. The number of hydrogen-bond acceptors (Lipinski definition) is 5. The minimum Gasteiger partial charge on any atom is -0.496 e. The van der Waals surface area contributed by atoms with E-state index in [9.17, 15) is 9.59 Å². The monoisotopic (exact) mass is 447 g/mol. The number of ether oxygens (including phenoxy) is 1. The van der Waals surface area contributed by atoms with Gasteiger partial charge in [-0.05, 0) is 48.5 Å². The van der Waals surface area contributed by atoms with E-state index in [-0.39, 0.29) is 16.3 Å². The molecule has 0 atom stereocenters. The fourth-order valence-electron chi connectivity index (χ4n) is 2.36. The van der Waals surface area contributed by atoms with Gasteiger partial charge >= 0.3 is 6.03 Å². The quantitative estimate of drug-likeness (QED) is 0.538. The van der Waals surface area contributed by atoms with Crippen LogP contribution in [0.1, 0.15) is 10.4 Å². The summed E-state index contributed by atoms with van der Waals surface area (Å²) in [5.74, 6) is -0.402. The molecule has 3 amide bonds. The molecule has 2 N–H and O–H groups in total. The Bertz CT molecular complexity index is 1030. The van der Waals surface area contributed by atoms with E-state index in [1.54, 1.807) is 36.4 Å². The fraction of sp³-hybridized carbons (Fsp3) is 0.0500. The van der Waals surface area contributed by atoms with Gasteiger partial charge in [0.15, 0.2) is 0 Å². The highest BCUT2D eigenvalue weighted by atomic mass is 35.5. The standard InChI is InChI=1S/C20H15Cl2N3O3S/c1-28-16-4-2-3-15(22)18(16)19(26)25-20(27)24-13-7-10-17(23-11-13)29-14-8-5-12(21)6-9-14/h2-11H,1H3,(H2,24,25,26,27). The van der Waals surface area contributed by atoms with Crippen LogP contribution in [-0.2, 0) is 0 Å². The number of carbonyl (C=O) groups excluding carboxylic acids is 2. The lowest BCUT2D eigenvalue weighted by Crippen LogP contribution is -2.34. The Labute approximate surface area is 181 Å². The van der Waals surface area contributed by atoms with E-state index < -0.39 is 11.9 Å². The molecule has 0 aliphatic heterocycles. The molecule has 0 saturated carbocycles. The summed E-state index contributed by atoms with van der Waals surface area (Å²) in [7, 11) is 1.41. The number of urea groups is 1. The summed E-state index contributed by atoms with van der Waals surface area (Å²) < 4.78 is 5.12. The number of hydrogen-bond donors (Lipinski definition) is 2. The number of nitrogens with one attached hydrogen (secondary N) is 2. The maximum Gasteiger partial charge on any atom is 0.326 e. The van der Waals surface area contributed by atoms with Crippen molar-refractivity contribution in [1.82, 2.24) is 10.3 Å². The van der Waals surface area contributed by atoms with Crippen molar-refractivity contribution in [3.63, 3.8) is 0 Å². The first-order valence-corrected chi connectivity index (χ1v) is 9.88. The van der Waals surface area contributed by atoms with Crippen LogP contribution in [0, 0.1) is 0 Å². The van der Waals surface area contributed by atoms with Crippen LogP contribution >= 0.6 is 35.0 Å². The van der Waals surface area contributed by atoms with Crippen molar-refractivity contribution in [3.05, 3.63) is 76.4 Å². The molecule has 0 unspecified atom stereocenters. The van der Waals surface area contributed by atoms with Gasteiger partial charge in [-0.25, -0.2) is 9.78 Å². The molecule has 0 fully saturated rings. The normalized spacial score (nSPS) is 10.3. The van der Waals surface area contributed by atoms with Crippen molar-refractivity contribution in [2.75, 3.05) is 12.4 Å². The van der Waals surface area contributed by atoms with Gasteiger partial charge < -0.3 is 10.1 Å². The third kappa shape index (κ3) is 5.63. The molecule has 0 saturated heterocycles. The van der Waals surface area contributed by atoms with Gasteiger partial charge in [-0.2, -0.15) is 0 Å². The average Bonchev–Trinajstić information content (AvgIpc) is 2.70. The number of methoxy groups -OCH3 is 1. The van der Waals surface area contributed by atoms with Crippen LogP contribution in [0.3, 0.4) is 0 Å². The molecule has 2 aromatic carbocycles.